The monoisotopic (exact) mass is 565 g/mol. The highest BCUT2D eigenvalue weighted by Gasteiger charge is 2.17. The summed E-state index contributed by atoms with van der Waals surface area (Å²) >= 11 is 0. The largest absolute Gasteiger partial charge is 0.493 e. The number of benzene rings is 2. The maximum absolute atomic E-state index is 12.3. The second-order valence-corrected chi connectivity index (χ2v) is 8.06. The van der Waals surface area contributed by atoms with Gasteiger partial charge in [-0.25, -0.2) is 4.79 Å². The lowest BCUT2D eigenvalue weighted by Crippen LogP contribution is -2.36. The lowest BCUT2D eigenvalue weighted by atomic mass is 10.1. The number of likely N-dealkylation sites (tertiary alicyclic amines) is 1. The minimum absolute atomic E-state index is 0. The molecule has 1 aliphatic heterocycles. The fraction of sp³-hybridized carbons (Fsp3) is 0.440. The van der Waals surface area contributed by atoms with Gasteiger partial charge >= 0.3 is 6.03 Å². The fourth-order valence-corrected chi connectivity index (χ4v) is 3.62. The van der Waals surface area contributed by atoms with Crippen LogP contribution >= 0.6 is 24.0 Å². The van der Waals surface area contributed by atoms with Crippen LogP contribution in [0.1, 0.15) is 42.9 Å². The molecule has 0 bridgehead atoms. The summed E-state index contributed by atoms with van der Waals surface area (Å²) in [4.78, 5) is 18.5. The van der Waals surface area contributed by atoms with E-state index in [4.69, 9.17) is 4.74 Å². The zero-order valence-corrected chi connectivity index (χ0v) is 22.1. The first kappa shape index (κ1) is 26.8. The van der Waals surface area contributed by atoms with Crippen molar-refractivity contribution in [2.75, 3.05) is 32.1 Å². The highest BCUT2D eigenvalue weighted by molar-refractivity contribution is 14.0. The quantitative estimate of drug-likeness (QED) is 0.242. The number of halogens is 1. The molecule has 0 spiro atoms. The number of anilines is 1. The highest BCUT2D eigenvalue weighted by Crippen LogP contribution is 2.20. The Bertz CT molecular complexity index is 929. The third-order valence-corrected chi connectivity index (χ3v) is 5.39. The predicted octanol–water partition coefficient (Wildman–Crippen LogP) is 4.89. The topological polar surface area (TPSA) is 78.0 Å². The summed E-state index contributed by atoms with van der Waals surface area (Å²) in [5.74, 6) is 1.62. The van der Waals surface area contributed by atoms with Crippen LogP contribution in [0.4, 0.5) is 10.5 Å². The van der Waals surface area contributed by atoms with Crippen LogP contribution in [0.2, 0.25) is 0 Å². The molecule has 0 atom stereocenters. The number of aryl methyl sites for hydroxylation is 1. The van der Waals surface area contributed by atoms with Gasteiger partial charge in [0.2, 0.25) is 0 Å². The van der Waals surface area contributed by atoms with Gasteiger partial charge < -0.3 is 25.6 Å². The number of amides is 2. The van der Waals surface area contributed by atoms with Crippen molar-refractivity contribution < 1.29 is 9.53 Å². The Morgan fingerprint density at radius 1 is 1.09 bits per heavy atom. The van der Waals surface area contributed by atoms with Crippen molar-refractivity contribution >= 4 is 41.7 Å². The van der Waals surface area contributed by atoms with Crippen molar-refractivity contribution in [1.82, 2.24) is 15.5 Å². The number of nitrogens with one attached hydrogen (secondary N) is 3. The van der Waals surface area contributed by atoms with Crippen LogP contribution in [0.15, 0.2) is 47.5 Å². The second kappa shape index (κ2) is 13.9. The van der Waals surface area contributed by atoms with Crippen LogP contribution in [-0.4, -0.2) is 43.6 Å². The Morgan fingerprint density at radius 3 is 2.58 bits per heavy atom. The third-order valence-electron chi connectivity index (χ3n) is 5.39. The molecule has 1 aliphatic rings. The predicted molar refractivity (Wildman–Crippen MR) is 146 cm³/mol. The summed E-state index contributed by atoms with van der Waals surface area (Å²) in [5.41, 5.74) is 4.15. The fourth-order valence-electron chi connectivity index (χ4n) is 3.62. The van der Waals surface area contributed by atoms with Crippen molar-refractivity contribution in [1.29, 1.82) is 0 Å². The maximum atomic E-state index is 12.3. The van der Waals surface area contributed by atoms with Crippen LogP contribution < -0.4 is 20.7 Å². The number of guanidine groups is 1. The first-order valence-electron chi connectivity index (χ1n) is 11.4. The standard InChI is InChI=1S/C25H35N5O2.HI/c1-4-14-32-23-15-19(2)10-11-21(23)18-28-24(26-3)27-17-20-8-7-9-22(16-20)29-25(31)30-12-5-6-13-30;/h7-11,15-16H,4-6,12-14,17-18H2,1-3H3,(H,29,31)(H2,26,27,28);1H. The molecule has 3 N–H and O–H groups in total. The summed E-state index contributed by atoms with van der Waals surface area (Å²) in [6.07, 6.45) is 3.14. The van der Waals surface area contributed by atoms with Crippen molar-refractivity contribution in [3.63, 3.8) is 0 Å². The summed E-state index contributed by atoms with van der Waals surface area (Å²) in [6.45, 7) is 7.76. The van der Waals surface area contributed by atoms with Gasteiger partial charge in [-0.15, -0.1) is 24.0 Å². The normalized spacial score (nSPS) is 13.3. The van der Waals surface area contributed by atoms with Gasteiger partial charge in [0.25, 0.3) is 0 Å². The Labute approximate surface area is 214 Å². The molecule has 2 amide bonds. The molecule has 3 rings (SSSR count). The minimum atomic E-state index is -0.0238. The smallest absolute Gasteiger partial charge is 0.321 e. The molecule has 1 heterocycles. The van der Waals surface area contributed by atoms with E-state index in [-0.39, 0.29) is 30.0 Å². The molecule has 33 heavy (non-hydrogen) atoms. The van der Waals surface area contributed by atoms with E-state index >= 15 is 0 Å². The molecule has 2 aromatic carbocycles. The molecular formula is C25H36IN5O2. The highest BCUT2D eigenvalue weighted by atomic mass is 127. The van der Waals surface area contributed by atoms with Gasteiger partial charge in [-0.05, 0) is 55.5 Å². The molecule has 1 saturated heterocycles. The number of carbonyl (C=O) groups is 1. The lowest BCUT2D eigenvalue weighted by Gasteiger charge is -2.17. The molecule has 2 aromatic rings. The molecule has 180 valence electrons. The lowest BCUT2D eigenvalue weighted by molar-refractivity contribution is 0.222. The van der Waals surface area contributed by atoms with Gasteiger partial charge in [0.1, 0.15) is 5.75 Å². The Kier molecular flexibility index (Phi) is 11.3. The average Bonchev–Trinajstić information content (AvgIpc) is 3.34. The van der Waals surface area contributed by atoms with E-state index in [0.717, 1.165) is 54.9 Å². The summed E-state index contributed by atoms with van der Waals surface area (Å²) in [6, 6.07) is 14.1. The molecule has 0 unspecified atom stereocenters. The SMILES string of the molecule is CCCOc1cc(C)ccc1CNC(=NC)NCc1cccc(NC(=O)N2CCCC2)c1.I. The number of rotatable bonds is 8. The number of aliphatic imine (C=N–C) groups is 1. The van der Waals surface area contributed by atoms with Crippen LogP contribution in [0.3, 0.4) is 0 Å². The van der Waals surface area contributed by atoms with Gasteiger partial charge in [-0.3, -0.25) is 4.99 Å². The number of carbonyl (C=O) groups excluding carboxylic acids is 1. The van der Waals surface area contributed by atoms with Gasteiger partial charge in [0.15, 0.2) is 5.96 Å². The number of nitrogens with zero attached hydrogens (tertiary/aromatic N) is 2. The Hall–Kier alpha value is -2.49. The van der Waals surface area contributed by atoms with E-state index < -0.39 is 0 Å². The zero-order valence-electron chi connectivity index (χ0n) is 19.8. The van der Waals surface area contributed by atoms with Gasteiger partial charge in [-0.2, -0.15) is 0 Å². The Morgan fingerprint density at radius 2 is 1.85 bits per heavy atom. The second-order valence-electron chi connectivity index (χ2n) is 8.06. The van der Waals surface area contributed by atoms with Crippen LogP contribution in [0, 0.1) is 6.92 Å². The van der Waals surface area contributed by atoms with E-state index in [1.807, 2.05) is 29.2 Å². The number of ether oxygens (including phenoxy) is 1. The van der Waals surface area contributed by atoms with Crippen molar-refractivity contribution in [2.45, 2.75) is 46.2 Å². The van der Waals surface area contributed by atoms with E-state index in [0.29, 0.717) is 25.7 Å². The number of hydrogen-bond acceptors (Lipinski definition) is 3. The molecule has 8 heteroatoms. The summed E-state index contributed by atoms with van der Waals surface area (Å²) < 4.78 is 5.91. The van der Waals surface area contributed by atoms with Crippen molar-refractivity contribution in [3.05, 3.63) is 59.2 Å². The van der Waals surface area contributed by atoms with Crippen LogP contribution in [0.5, 0.6) is 5.75 Å². The summed E-state index contributed by atoms with van der Waals surface area (Å²) in [7, 11) is 1.76. The first-order chi connectivity index (χ1) is 15.6. The molecule has 0 aromatic heterocycles. The van der Waals surface area contributed by atoms with E-state index in [1.54, 1.807) is 7.05 Å². The molecule has 0 saturated carbocycles. The van der Waals surface area contributed by atoms with Gasteiger partial charge in [-0.1, -0.05) is 31.2 Å². The minimum Gasteiger partial charge on any atom is -0.493 e. The first-order valence-corrected chi connectivity index (χ1v) is 11.4. The zero-order chi connectivity index (χ0) is 22.8. The average molecular weight is 566 g/mol. The van der Waals surface area contributed by atoms with Gasteiger partial charge in [0.05, 0.1) is 6.61 Å². The number of hydrogen-bond donors (Lipinski definition) is 3. The molecule has 0 aliphatic carbocycles. The number of urea groups is 1. The van der Waals surface area contributed by atoms with Crippen LogP contribution in [0.25, 0.3) is 0 Å². The van der Waals surface area contributed by atoms with Crippen molar-refractivity contribution in [2.24, 2.45) is 4.99 Å². The Balaban J connectivity index is 0.00000385. The summed E-state index contributed by atoms with van der Waals surface area (Å²) in [5, 5.41) is 9.70. The molecule has 1 fully saturated rings. The van der Waals surface area contributed by atoms with E-state index in [2.05, 4.69) is 53.0 Å². The molecular weight excluding hydrogens is 529 g/mol. The van der Waals surface area contributed by atoms with E-state index in [1.165, 1.54) is 5.56 Å². The van der Waals surface area contributed by atoms with Gasteiger partial charge in [0, 0.05) is 44.5 Å². The van der Waals surface area contributed by atoms with E-state index in [9.17, 15) is 4.79 Å². The molecule has 7 nitrogen and oxygen atoms in total. The van der Waals surface area contributed by atoms with Crippen LogP contribution in [-0.2, 0) is 13.1 Å². The third kappa shape index (κ3) is 8.42. The maximum Gasteiger partial charge on any atom is 0.321 e. The van der Waals surface area contributed by atoms with Crippen molar-refractivity contribution in [3.8, 4) is 5.75 Å². The molecule has 0 radical (unpaired) electrons.